The Kier molecular flexibility index (Phi) is 7.89. The van der Waals surface area contributed by atoms with Gasteiger partial charge in [-0.25, -0.2) is 18.0 Å². The van der Waals surface area contributed by atoms with Crippen LogP contribution in [0.25, 0.3) is 0 Å². The lowest BCUT2D eigenvalue weighted by atomic mass is 9.84. The molecule has 178 valence electrons. The van der Waals surface area contributed by atoms with Gasteiger partial charge in [-0.15, -0.1) is 0 Å². The molecule has 0 bridgehead atoms. The summed E-state index contributed by atoms with van der Waals surface area (Å²) < 4.78 is 42.1. The minimum absolute atomic E-state index is 0.108. The molecule has 2 aromatic carbocycles. The number of alkyl halides is 2. The van der Waals surface area contributed by atoms with Crippen LogP contribution in [0.2, 0.25) is 5.02 Å². The van der Waals surface area contributed by atoms with Crippen LogP contribution in [0.15, 0.2) is 42.5 Å². The van der Waals surface area contributed by atoms with Crippen LogP contribution in [-0.4, -0.2) is 28.2 Å². The number of hydrogen-bond donors (Lipinski definition) is 3. The minimum atomic E-state index is -2.77. The third-order valence-electron chi connectivity index (χ3n) is 5.93. The van der Waals surface area contributed by atoms with E-state index in [4.69, 9.17) is 26.6 Å². The summed E-state index contributed by atoms with van der Waals surface area (Å²) in [4.78, 5) is 21.7. The highest BCUT2D eigenvalue weighted by molar-refractivity contribution is 6.30. The summed E-state index contributed by atoms with van der Waals surface area (Å²) in [5, 5.41) is 17.1. The fourth-order valence-electron chi connectivity index (χ4n) is 4.24. The van der Waals surface area contributed by atoms with Crippen molar-refractivity contribution in [1.29, 1.82) is 0 Å². The molecule has 9 heteroatoms. The van der Waals surface area contributed by atoms with Gasteiger partial charge in [0.2, 0.25) is 11.8 Å². The van der Waals surface area contributed by atoms with Crippen molar-refractivity contribution in [3.63, 3.8) is 0 Å². The number of hydrogen-bond acceptors (Lipinski definition) is 2. The summed E-state index contributed by atoms with van der Waals surface area (Å²) in [6.07, 6.45) is 1.04. The first-order valence-corrected chi connectivity index (χ1v) is 11.1. The molecule has 3 N–H and O–H groups in total. The van der Waals surface area contributed by atoms with Gasteiger partial charge in [0.15, 0.2) is 0 Å². The Morgan fingerprint density at radius 3 is 2.27 bits per heavy atom. The van der Waals surface area contributed by atoms with Crippen molar-refractivity contribution in [2.45, 2.75) is 50.4 Å². The van der Waals surface area contributed by atoms with Crippen LogP contribution in [0.4, 0.5) is 23.7 Å². The van der Waals surface area contributed by atoms with E-state index >= 15 is 0 Å². The summed E-state index contributed by atoms with van der Waals surface area (Å²) in [5.74, 6) is -4.42. The summed E-state index contributed by atoms with van der Waals surface area (Å²) in [6.45, 7) is 0. The molecule has 1 amide bonds. The average molecular weight is 484 g/mol. The second-order valence-electron chi connectivity index (χ2n) is 8.62. The Bertz CT molecular complexity index is 992. The van der Waals surface area contributed by atoms with E-state index < -0.39 is 35.6 Å². The zero-order chi connectivity index (χ0) is 24.2. The SMILES string of the molecule is O=C(Nc1cc(CC2CC2)ccc1F)C(c1ccc(Cl)cc1)C1CCC(F)(F)C1.O=C(O)O. The fraction of sp³-hybridized carbons (Fsp3) is 0.417. The van der Waals surface area contributed by atoms with Gasteiger partial charge in [-0.3, -0.25) is 4.79 Å². The van der Waals surface area contributed by atoms with Crippen molar-refractivity contribution in [3.05, 3.63) is 64.4 Å². The van der Waals surface area contributed by atoms with Crippen LogP contribution in [0.1, 0.15) is 49.1 Å². The number of benzene rings is 2. The van der Waals surface area contributed by atoms with Crippen LogP contribution in [0.5, 0.6) is 0 Å². The van der Waals surface area contributed by atoms with Crippen LogP contribution in [0.3, 0.4) is 0 Å². The van der Waals surface area contributed by atoms with Gasteiger partial charge in [0, 0.05) is 17.9 Å². The number of halogens is 4. The summed E-state index contributed by atoms with van der Waals surface area (Å²) in [5.41, 5.74) is 1.70. The highest BCUT2D eigenvalue weighted by Crippen LogP contribution is 2.46. The monoisotopic (exact) mass is 483 g/mol. The van der Waals surface area contributed by atoms with Gasteiger partial charge in [-0.05, 0) is 72.9 Å². The molecule has 2 unspecified atom stereocenters. The molecule has 33 heavy (non-hydrogen) atoms. The molecule has 2 fully saturated rings. The lowest BCUT2D eigenvalue weighted by Crippen LogP contribution is -2.28. The zero-order valence-corrected chi connectivity index (χ0v) is 18.5. The molecular weight excluding hydrogens is 459 g/mol. The number of nitrogens with one attached hydrogen (secondary N) is 1. The van der Waals surface area contributed by atoms with E-state index in [9.17, 15) is 18.0 Å². The standard InChI is InChI=1S/C23H23ClF3NO.CH2O3/c24-18-6-4-16(5-7-18)21(17-9-10-23(26,27)13-17)22(29)28-20-12-15(3-8-19(20)25)11-14-1-2-14;2-1(3)4/h3-8,12,14,17,21H,1-2,9-11,13H2,(H,28,29);(H2,2,3,4). The van der Waals surface area contributed by atoms with Crippen LogP contribution >= 0.6 is 11.6 Å². The molecule has 2 aromatic rings. The second kappa shape index (κ2) is 10.5. The fourth-order valence-corrected chi connectivity index (χ4v) is 4.36. The summed E-state index contributed by atoms with van der Waals surface area (Å²) in [6, 6.07) is 11.4. The average Bonchev–Trinajstić information content (AvgIpc) is 3.47. The number of carboxylic acid groups (broad SMARTS) is 2. The predicted molar refractivity (Wildman–Crippen MR) is 119 cm³/mol. The molecule has 2 aliphatic carbocycles. The van der Waals surface area contributed by atoms with Gasteiger partial charge in [0.05, 0.1) is 11.6 Å². The van der Waals surface area contributed by atoms with Crippen molar-refractivity contribution in [2.24, 2.45) is 11.8 Å². The first-order valence-electron chi connectivity index (χ1n) is 10.7. The number of carbonyl (C=O) groups excluding carboxylic acids is 1. The normalized spacial score (nSPS) is 19.8. The molecule has 2 atom stereocenters. The lowest BCUT2D eigenvalue weighted by molar-refractivity contribution is -0.118. The number of carbonyl (C=O) groups is 2. The van der Waals surface area contributed by atoms with E-state index in [-0.39, 0.29) is 24.9 Å². The quantitative estimate of drug-likeness (QED) is 0.421. The Morgan fingerprint density at radius 1 is 1.09 bits per heavy atom. The Balaban J connectivity index is 0.000000709. The van der Waals surface area contributed by atoms with Crippen LogP contribution < -0.4 is 5.32 Å². The molecule has 2 saturated carbocycles. The molecular formula is C24H25ClF3NO4. The third kappa shape index (κ3) is 7.39. The predicted octanol–water partition coefficient (Wildman–Crippen LogP) is 6.81. The second-order valence-corrected chi connectivity index (χ2v) is 9.06. The first kappa shape index (κ1) is 24.9. The molecule has 5 nitrogen and oxygen atoms in total. The topological polar surface area (TPSA) is 86.6 Å². The molecule has 0 aliphatic heterocycles. The van der Waals surface area contributed by atoms with E-state index in [0.29, 0.717) is 16.5 Å². The maximum atomic E-state index is 14.3. The molecule has 0 saturated heterocycles. The Morgan fingerprint density at radius 2 is 1.73 bits per heavy atom. The van der Waals surface area contributed by atoms with Crippen molar-refractivity contribution in [3.8, 4) is 0 Å². The first-order chi connectivity index (χ1) is 15.5. The molecule has 4 rings (SSSR count). The number of anilines is 1. The third-order valence-corrected chi connectivity index (χ3v) is 6.19. The molecule has 2 aliphatic rings. The summed E-state index contributed by atoms with van der Waals surface area (Å²) >= 11 is 5.95. The van der Waals surface area contributed by atoms with Crippen molar-refractivity contribution in [2.75, 3.05) is 5.32 Å². The molecule has 0 spiro atoms. The van der Waals surface area contributed by atoms with E-state index in [2.05, 4.69) is 5.32 Å². The van der Waals surface area contributed by atoms with Gasteiger partial charge in [-0.2, -0.15) is 0 Å². The summed E-state index contributed by atoms with van der Waals surface area (Å²) in [7, 11) is 0. The maximum Gasteiger partial charge on any atom is 0.503 e. The number of rotatable bonds is 6. The number of amides is 1. The molecule has 0 heterocycles. The van der Waals surface area contributed by atoms with Crippen molar-refractivity contribution >= 4 is 29.4 Å². The van der Waals surface area contributed by atoms with Gasteiger partial charge >= 0.3 is 6.16 Å². The van der Waals surface area contributed by atoms with Gasteiger partial charge in [0.25, 0.3) is 0 Å². The van der Waals surface area contributed by atoms with E-state index in [1.165, 1.54) is 18.9 Å². The van der Waals surface area contributed by atoms with E-state index in [1.807, 2.05) is 0 Å². The highest BCUT2D eigenvalue weighted by atomic mass is 35.5. The van der Waals surface area contributed by atoms with Crippen molar-refractivity contribution < 1.29 is 33.0 Å². The van der Waals surface area contributed by atoms with Crippen LogP contribution in [0, 0.1) is 17.7 Å². The van der Waals surface area contributed by atoms with Crippen LogP contribution in [-0.2, 0) is 11.2 Å². The van der Waals surface area contributed by atoms with Crippen molar-refractivity contribution in [1.82, 2.24) is 0 Å². The lowest BCUT2D eigenvalue weighted by Gasteiger charge is -2.24. The molecule has 0 radical (unpaired) electrons. The maximum absolute atomic E-state index is 14.3. The highest BCUT2D eigenvalue weighted by Gasteiger charge is 2.45. The smallest absolute Gasteiger partial charge is 0.450 e. The van der Waals surface area contributed by atoms with Gasteiger partial charge < -0.3 is 15.5 Å². The van der Waals surface area contributed by atoms with E-state index in [0.717, 1.165) is 12.0 Å². The largest absolute Gasteiger partial charge is 0.503 e. The van der Waals surface area contributed by atoms with Gasteiger partial charge in [-0.1, -0.05) is 29.8 Å². The zero-order valence-electron chi connectivity index (χ0n) is 17.7. The Labute approximate surface area is 194 Å². The Hall–Kier alpha value is -2.74. The minimum Gasteiger partial charge on any atom is -0.450 e. The van der Waals surface area contributed by atoms with E-state index in [1.54, 1.807) is 36.4 Å². The van der Waals surface area contributed by atoms with Gasteiger partial charge in [0.1, 0.15) is 5.82 Å². The molecule has 0 aromatic heterocycles.